The van der Waals surface area contributed by atoms with Crippen molar-refractivity contribution >= 4 is 27.5 Å². The van der Waals surface area contributed by atoms with Crippen molar-refractivity contribution in [1.29, 1.82) is 0 Å². The highest BCUT2D eigenvalue weighted by Gasteiger charge is 2.65. The van der Waals surface area contributed by atoms with Gasteiger partial charge < -0.3 is 19.5 Å². The molecule has 1 fully saturated rings. The topological polar surface area (TPSA) is 89.7 Å². The molecule has 1 aromatic heterocycles. The van der Waals surface area contributed by atoms with E-state index in [4.69, 9.17) is 9.47 Å². The second kappa shape index (κ2) is 11.4. The Morgan fingerprint density at radius 3 is 2.52 bits per heavy atom. The first-order chi connectivity index (χ1) is 21.0. The molecule has 230 valence electrons. The number of amides is 1. The number of aliphatic hydroxyl groups is 1. The van der Waals surface area contributed by atoms with E-state index in [1.54, 1.807) is 22.9 Å². The molecule has 8 nitrogen and oxygen atoms in total. The van der Waals surface area contributed by atoms with Crippen LogP contribution in [0.5, 0.6) is 5.75 Å². The SMILES string of the molecule is COc1ccc(C(C)(C)[C@@H]2[C@@H](CCn3cc([C@H](O)c4ccccc4)nn3)O[C@]3(C(=O)N(C)c4c(Br)cc(C)cc43)[C@H]2C)cc1. The molecule has 0 saturated carbocycles. The number of rotatable bonds is 8. The molecule has 4 aromatic rings. The van der Waals surface area contributed by atoms with Crippen LogP contribution in [0.1, 0.15) is 61.2 Å². The molecular formula is C35H39BrN4O4. The predicted octanol–water partition coefficient (Wildman–Crippen LogP) is 6.33. The van der Waals surface area contributed by atoms with E-state index in [1.807, 2.05) is 62.5 Å². The molecule has 2 aliphatic heterocycles. The summed E-state index contributed by atoms with van der Waals surface area (Å²) in [5.41, 5.74) is 3.79. The third-order valence-corrected chi connectivity index (χ3v) is 10.3. The fourth-order valence-corrected chi connectivity index (χ4v) is 8.37. The number of anilines is 1. The van der Waals surface area contributed by atoms with Crippen molar-refractivity contribution in [3.63, 3.8) is 0 Å². The molecule has 9 heteroatoms. The molecule has 1 N–H and O–H groups in total. The largest absolute Gasteiger partial charge is 0.497 e. The van der Waals surface area contributed by atoms with Crippen LogP contribution in [0.4, 0.5) is 5.69 Å². The molecule has 3 aromatic carbocycles. The number of ether oxygens (including phenoxy) is 2. The average Bonchev–Trinajstić information content (AvgIpc) is 3.67. The van der Waals surface area contributed by atoms with Gasteiger partial charge in [0.05, 0.1) is 25.1 Å². The van der Waals surface area contributed by atoms with Gasteiger partial charge in [0.25, 0.3) is 5.91 Å². The number of aromatic nitrogens is 3. The van der Waals surface area contributed by atoms with Crippen molar-refractivity contribution in [2.75, 3.05) is 19.1 Å². The Bertz CT molecular complexity index is 1670. The maximum atomic E-state index is 14.3. The van der Waals surface area contributed by atoms with Crippen molar-refractivity contribution in [1.82, 2.24) is 15.0 Å². The average molecular weight is 660 g/mol. The summed E-state index contributed by atoms with van der Waals surface area (Å²) in [5, 5.41) is 19.5. The number of hydrogen-bond acceptors (Lipinski definition) is 6. The maximum absolute atomic E-state index is 14.3. The van der Waals surface area contributed by atoms with Gasteiger partial charge in [0.15, 0.2) is 5.60 Å². The highest BCUT2D eigenvalue weighted by molar-refractivity contribution is 9.10. The smallest absolute Gasteiger partial charge is 0.264 e. The number of benzene rings is 3. The lowest BCUT2D eigenvalue weighted by atomic mass is 9.63. The van der Waals surface area contributed by atoms with Crippen molar-refractivity contribution in [2.45, 2.75) is 63.9 Å². The summed E-state index contributed by atoms with van der Waals surface area (Å²) in [6.45, 7) is 9.21. The van der Waals surface area contributed by atoms with E-state index in [9.17, 15) is 9.90 Å². The summed E-state index contributed by atoms with van der Waals surface area (Å²) < 4.78 is 15.2. The summed E-state index contributed by atoms with van der Waals surface area (Å²) in [5.74, 6) is 0.602. The monoisotopic (exact) mass is 658 g/mol. The van der Waals surface area contributed by atoms with Gasteiger partial charge in [-0.3, -0.25) is 9.48 Å². The Labute approximate surface area is 267 Å². The Morgan fingerprint density at radius 2 is 1.84 bits per heavy atom. The van der Waals surface area contributed by atoms with Crippen molar-refractivity contribution in [2.24, 2.45) is 11.8 Å². The Hall–Kier alpha value is -3.53. The number of carbonyl (C=O) groups excluding carboxylic acids is 1. The summed E-state index contributed by atoms with van der Waals surface area (Å²) >= 11 is 3.73. The quantitative estimate of drug-likeness (QED) is 0.238. The lowest BCUT2D eigenvalue weighted by Crippen LogP contribution is -2.45. The van der Waals surface area contributed by atoms with Gasteiger partial charge in [-0.1, -0.05) is 74.5 Å². The van der Waals surface area contributed by atoms with E-state index < -0.39 is 11.7 Å². The van der Waals surface area contributed by atoms with Crippen LogP contribution in [0, 0.1) is 18.8 Å². The van der Waals surface area contributed by atoms with E-state index in [0.29, 0.717) is 18.7 Å². The molecule has 2 aliphatic rings. The van der Waals surface area contributed by atoms with Crippen LogP contribution < -0.4 is 9.64 Å². The fraction of sp³-hybridized carbons (Fsp3) is 0.400. The van der Waals surface area contributed by atoms with Crippen LogP contribution in [0.3, 0.4) is 0 Å². The summed E-state index contributed by atoms with van der Waals surface area (Å²) in [6.07, 6.45) is 1.28. The number of nitrogens with zero attached hydrogens (tertiary/aromatic N) is 4. The predicted molar refractivity (Wildman–Crippen MR) is 173 cm³/mol. The molecule has 1 amide bonds. The van der Waals surface area contributed by atoms with Crippen LogP contribution in [0.25, 0.3) is 0 Å². The Kier molecular flexibility index (Phi) is 7.93. The van der Waals surface area contributed by atoms with E-state index in [0.717, 1.165) is 38.2 Å². The van der Waals surface area contributed by atoms with Gasteiger partial charge >= 0.3 is 0 Å². The first-order valence-corrected chi connectivity index (χ1v) is 15.8. The zero-order valence-electron chi connectivity index (χ0n) is 26.0. The van der Waals surface area contributed by atoms with Crippen LogP contribution in [0.2, 0.25) is 0 Å². The third kappa shape index (κ3) is 4.86. The van der Waals surface area contributed by atoms with E-state index in [-0.39, 0.29) is 29.3 Å². The summed E-state index contributed by atoms with van der Waals surface area (Å²) in [4.78, 5) is 16.0. The molecule has 0 unspecified atom stereocenters. The van der Waals surface area contributed by atoms with Crippen LogP contribution in [-0.2, 0) is 27.1 Å². The van der Waals surface area contributed by atoms with Crippen molar-refractivity contribution < 1.29 is 19.4 Å². The fourth-order valence-electron chi connectivity index (χ4n) is 7.53. The molecule has 5 atom stereocenters. The number of hydrogen-bond donors (Lipinski definition) is 1. The van der Waals surface area contributed by atoms with Gasteiger partial charge in [-0.25, -0.2) is 0 Å². The normalized spacial score (nSPS) is 23.8. The first kappa shape index (κ1) is 30.5. The minimum Gasteiger partial charge on any atom is -0.497 e. The van der Waals surface area contributed by atoms with Gasteiger partial charge in [0.2, 0.25) is 0 Å². The number of methoxy groups -OCH3 is 1. The van der Waals surface area contributed by atoms with E-state index in [2.05, 4.69) is 65.2 Å². The molecule has 1 saturated heterocycles. The minimum atomic E-state index is -1.12. The molecule has 3 heterocycles. The zero-order valence-corrected chi connectivity index (χ0v) is 27.6. The molecular weight excluding hydrogens is 620 g/mol. The Balaban J connectivity index is 1.36. The third-order valence-electron chi connectivity index (χ3n) is 9.75. The summed E-state index contributed by atoms with van der Waals surface area (Å²) in [6, 6.07) is 21.8. The number of fused-ring (bicyclic) bond motifs is 2. The first-order valence-electron chi connectivity index (χ1n) is 15.0. The second-order valence-electron chi connectivity index (χ2n) is 12.7. The van der Waals surface area contributed by atoms with Crippen molar-refractivity contribution in [3.8, 4) is 5.75 Å². The number of carbonyl (C=O) groups is 1. The summed E-state index contributed by atoms with van der Waals surface area (Å²) in [7, 11) is 3.50. The molecule has 6 rings (SSSR count). The minimum absolute atomic E-state index is 0.0172. The molecule has 0 bridgehead atoms. The van der Waals surface area contributed by atoms with E-state index >= 15 is 0 Å². The molecule has 0 aliphatic carbocycles. The van der Waals surface area contributed by atoms with Gasteiger partial charge in [0.1, 0.15) is 17.5 Å². The van der Waals surface area contributed by atoms with Gasteiger partial charge in [0, 0.05) is 35.5 Å². The van der Waals surface area contributed by atoms with Gasteiger partial charge in [-0.05, 0) is 69.6 Å². The molecule has 44 heavy (non-hydrogen) atoms. The van der Waals surface area contributed by atoms with Crippen LogP contribution in [0.15, 0.2) is 77.4 Å². The van der Waals surface area contributed by atoms with Gasteiger partial charge in [-0.2, -0.15) is 0 Å². The highest BCUT2D eigenvalue weighted by atomic mass is 79.9. The standard InChI is InChI=1S/C35H39BrN4O4/c1-21-18-26-31(27(36)19-21)39(5)33(42)35(26)22(2)30(34(3,4)24-12-14-25(43-6)15-13-24)29(44-35)16-17-40-20-28(37-38-40)32(41)23-10-8-7-9-11-23/h7-15,18-20,22,29-30,32,41H,16-17H2,1-6H3/t22-,29+,30-,32+,35+/m0/s1. The zero-order chi connectivity index (χ0) is 31.4. The van der Waals surface area contributed by atoms with Crippen molar-refractivity contribution in [3.05, 3.63) is 105 Å². The molecule has 0 radical (unpaired) electrons. The maximum Gasteiger partial charge on any atom is 0.264 e. The molecule has 1 spiro atoms. The van der Waals surface area contributed by atoms with E-state index in [1.165, 1.54) is 0 Å². The highest BCUT2D eigenvalue weighted by Crippen LogP contribution is 2.60. The van der Waals surface area contributed by atoms with Crippen LogP contribution >= 0.6 is 15.9 Å². The second-order valence-corrected chi connectivity index (χ2v) is 13.5. The number of likely N-dealkylation sites (N-methyl/N-ethyl adjacent to an activating group) is 1. The Morgan fingerprint density at radius 1 is 1.14 bits per heavy atom. The number of aliphatic hydroxyl groups excluding tert-OH is 1. The number of aryl methyl sites for hydroxylation is 2. The van der Waals surface area contributed by atoms with Crippen LogP contribution in [-0.4, -0.2) is 46.3 Å². The lowest BCUT2D eigenvalue weighted by Gasteiger charge is -2.38. The lowest BCUT2D eigenvalue weighted by molar-refractivity contribution is -0.145. The van der Waals surface area contributed by atoms with Gasteiger partial charge in [-0.15, -0.1) is 5.10 Å². The number of halogens is 1.